The van der Waals surface area contributed by atoms with Crippen LogP contribution >= 0.6 is 19.4 Å². The van der Waals surface area contributed by atoms with Gasteiger partial charge >= 0.3 is 8.03 Å². The number of sulfonamides is 1. The van der Waals surface area contributed by atoms with E-state index in [-0.39, 0.29) is 46.6 Å². The molecule has 3 aromatic carbocycles. The zero-order valence-electron chi connectivity index (χ0n) is 25.2. The van der Waals surface area contributed by atoms with E-state index in [0.717, 1.165) is 23.5 Å². The van der Waals surface area contributed by atoms with E-state index < -0.39 is 47.7 Å². The normalized spacial score (nSPS) is 11.6. The molecule has 8 N–H and O–H groups in total. The van der Waals surface area contributed by atoms with Crippen molar-refractivity contribution in [3.63, 3.8) is 0 Å². The summed E-state index contributed by atoms with van der Waals surface area (Å²) in [6, 6.07) is 12.1. The maximum absolute atomic E-state index is 12.6. The molecule has 18 heteroatoms. The van der Waals surface area contributed by atoms with Crippen molar-refractivity contribution in [2.75, 3.05) is 32.6 Å². The van der Waals surface area contributed by atoms with Crippen LogP contribution in [-0.4, -0.2) is 78.1 Å². The Bertz CT molecular complexity index is 1920. The van der Waals surface area contributed by atoms with Crippen molar-refractivity contribution >= 4 is 51.3 Å². The molecule has 0 saturated heterocycles. The van der Waals surface area contributed by atoms with E-state index in [4.69, 9.17) is 14.4 Å². The summed E-state index contributed by atoms with van der Waals surface area (Å²) in [5, 5.41) is 44.0. The first kappa shape index (κ1) is 36.2. The Balaban J connectivity index is 1.36. The van der Waals surface area contributed by atoms with E-state index in [9.17, 15) is 43.0 Å². The lowest BCUT2D eigenvalue weighted by Gasteiger charge is -2.14. The molecular formula is C30H33N3O12PS2+. The maximum Gasteiger partial charge on any atom is 0.522 e. The molecule has 0 aliphatic heterocycles. The van der Waals surface area contributed by atoms with Gasteiger partial charge in [0, 0.05) is 35.0 Å². The third-order valence-corrected chi connectivity index (χ3v) is 10.3. The summed E-state index contributed by atoms with van der Waals surface area (Å²) in [7, 11) is -6.76. The number of amides is 2. The average Bonchev–Trinajstić information content (AvgIpc) is 3.48. The number of phenolic OH excluding ortho intramolecular Hbond substituents is 4. The first-order valence-electron chi connectivity index (χ1n) is 14.4. The lowest BCUT2D eigenvalue weighted by molar-refractivity contribution is 0.0943. The van der Waals surface area contributed by atoms with Crippen molar-refractivity contribution in [3.8, 4) is 34.5 Å². The quantitative estimate of drug-likeness (QED) is 0.0444. The average molecular weight is 723 g/mol. The van der Waals surface area contributed by atoms with E-state index in [1.165, 1.54) is 30.3 Å². The Morgan fingerprint density at radius 3 is 1.83 bits per heavy atom. The summed E-state index contributed by atoms with van der Waals surface area (Å²) in [6.45, 7) is 0.880. The van der Waals surface area contributed by atoms with Gasteiger partial charge in [0.25, 0.3) is 21.8 Å². The van der Waals surface area contributed by atoms with Gasteiger partial charge in [0.05, 0.1) is 13.2 Å². The summed E-state index contributed by atoms with van der Waals surface area (Å²) in [5.74, 6) is -1.74. The third kappa shape index (κ3) is 9.92. The molecule has 0 bridgehead atoms. The van der Waals surface area contributed by atoms with E-state index in [1.807, 2.05) is 0 Å². The highest BCUT2D eigenvalue weighted by atomic mass is 32.2. The standard InChI is InChI=1S/C30H32N3O12PS2/c34-21-6-4-18(12-23(21)36)29(38)31-8-1-2-10-44-26-16-27-20(15-28(47-27)48(42,43)33-17-46(40)41)14-25(26)45-11-3-9-32-30(39)19-5-7-22(35)24(37)13-19/h4-7,12-16,33H,1-3,8-11,17H2,(H6-,31,32,34,35,36,37,38,39,40,41)/p+1. The van der Waals surface area contributed by atoms with Gasteiger partial charge in [-0.1, -0.05) is 0 Å². The van der Waals surface area contributed by atoms with Gasteiger partial charge < -0.3 is 40.5 Å². The SMILES string of the molecule is O=C(NCCCCOc1cc2sc(S(=O)(=O)NC[P+](=O)O)cc2cc1OCCCNC(=O)c1ccc(O)c(O)c1)c1ccc(O)c(O)c1. The maximum atomic E-state index is 12.6. The third-order valence-electron chi connectivity index (χ3n) is 6.67. The predicted octanol–water partition coefficient (Wildman–Crippen LogP) is 3.48. The van der Waals surface area contributed by atoms with Crippen molar-refractivity contribution < 1.29 is 57.4 Å². The first-order chi connectivity index (χ1) is 22.8. The first-order valence-corrected chi connectivity index (χ1v) is 18.1. The molecule has 0 fully saturated rings. The molecule has 1 aromatic heterocycles. The summed E-state index contributed by atoms with van der Waals surface area (Å²) in [5.41, 5.74) is 0.351. The smallest absolute Gasteiger partial charge is 0.504 e. The number of benzene rings is 3. The van der Waals surface area contributed by atoms with Crippen LogP contribution < -0.4 is 24.8 Å². The Hall–Kier alpha value is -4.67. The van der Waals surface area contributed by atoms with E-state index in [1.54, 1.807) is 12.1 Å². The fourth-order valence-electron chi connectivity index (χ4n) is 4.19. The molecule has 1 unspecified atom stereocenters. The zero-order chi connectivity index (χ0) is 34.8. The van der Waals surface area contributed by atoms with Gasteiger partial charge in [0.1, 0.15) is 4.21 Å². The van der Waals surface area contributed by atoms with Crippen LogP contribution in [0.15, 0.2) is 58.8 Å². The van der Waals surface area contributed by atoms with Crippen LogP contribution in [0.4, 0.5) is 0 Å². The molecule has 0 saturated carbocycles. The minimum Gasteiger partial charge on any atom is -0.504 e. The largest absolute Gasteiger partial charge is 0.522 e. The minimum absolute atomic E-state index is 0.0712. The number of carbonyl (C=O) groups excluding carboxylic acids is 2. The van der Waals surface area contributed by atoms with Crippen molar-refractivity contribution in [2.24, 2.45) is 0 Å². The van der Waals surface area contributed by atoms with Crippen LogP contribution in [0.2, 0.25) is 0 Å². The molecule has 0 aliphatic carbocycles. The van der Waals surface area contributed by atoms with Crippen molar-refractivity contribution in [1.82, 2.24) is 15.4 Å². The Morgan fingerprint density at radius 2 is 1.27 bits per heavy atom. The van der Waals surface area contributed by atoms with E-state index in [0.29, 0.717) is 47.4 Å². The molecule has 48 heavy (non-hydrogen) atoms. The monoisotopic (exact) mass is 722 g/mol. The Kier molecular flexibility index (Phi) is 12.4. The van der Waals surface area contributed by atoms with Crippen molar-refractivity contribution in [3.05, 3.63) is 65.7 Å². The topological polar surface area (TPSA) is 241 Å². The highest BCUT2D eigenvalue weighted by Gasteiger charge is 2.23. The highest BCUT2D eigenvalue weighted by molar-refractivity contribution is 7.92. The number of aromatic hydroxyl groups is 4. The van der Waals surface area contributed by atoms with Crippen molar-refractivity contribution in [2.45, 2.75) is 23.5 Å². The van der Waals surface area contributed by atoms with Crippen LogP contribution in [-0.2, 0) is 14.6 Å². The van der Waals surface area contributed by atoms with Crippen LogP contribution in [0.1, 0.15) is 40.0 Å². The number of unbranched alkanes of at least 4 members (excludes halogenated alkanes) is 1. The van der Waals surface area contributed by atoms with Gasteiger partial charge in [0.15, 0.2) is 34.5 Å². The van der Waals surface area contributed by atoms with Crippen LogP contribution in [0.25, 0.3) is 10.1 Å². The van der Waals surface area contributed by atoms with Gasteiger partial charge in [-0.25, -0.2) is 8.42 Å². The van der Waals surface area contributed by atoms with Crippen molar-refractivity contribution in [1.29, 1.82) is 0 Å². The molecule has 0 aliphatic rings. The number of fused-ring (bicyclic) bond motifs is 1. The van der Waals surface area contributed by atoms with Gasteiger partial charge in [-0.2, -0.15) is 9.62 Å². The number of carbonyl (C=O) groups is 2. The number of hydrogen-bond acceptors (Lipinski definition) is 12. The fourth-order valence-corrected chi connectivity index (χ4v) is 7.43. The van der Waals surface area contributed by atoms with Crippen LogP contribution in [0.5, 0.6) is 34.5 Å². The van der Waals surface area contributed by atoms with E-state index in [2.05, 4.69) is 15.4 Å². The number of thiophene rings is 1. The summed E-state index contributed by atoms with van der Waals surface area (Å²) in [4.78, 5) is 33.7. The highest BCUT2D eigenvalue weighted by Crippen LogP contribution is 2.38. The molecule has 4 aromatic rings. The van der Waals surface area contributed by atoms with E-state index >= 15 is 0 Å². The number of nitrogens with one attached hydrogen (secondary N) is 3. The number of rotatable bonds is 17. The zero-order valence-corrected chi connectivity index (χ0v) is 27.7. The molecular weight excluding hydrogens is 689 g/mol. The van der Waals surface area contributed by atoms with Crippen LogP contribution in [0.3, 0.4) is 0 Å². The lowest BCUT2D eigenvalue weighted by Crippen LogP contribution is -2.25. The van der Waals surface area contributed by atoms with Gasteiger partial charge in [0.2, 0.25) is 6.29 Å². The molecule has 0 radical (unpaired) electrons. The Labute approximate surface area is 279 Å². The second-order valence-corrected chi connectivity index (χ2v) is 14.3. The summed E-state index contributed by atoms with van der Waals surface area (Å²) >= 11 is 0.940. The lowest BCUT2D eigenvalue weighted by atomic mass is 10.2. The molecule has 15 nitrogen and oxygen atoms in total. The molecule has 0 spiro atoms. The summed E-state index contributed by atoms with van der Waals surface area (Å²) in [6.07, 6.45) is 0.799. The number of ether oxygens (including phenoxy) is 2. The second kappa shape index (κ2) is 16.4. The minimum atomic E-state index is -4.05. The Morgan fingerprint density at radius 1 is 0.729 bits per heavy atom. The molecule has 1 atom stereocenters. The van der Waals surface area contributed by atoms with Gasteiger partial charge in [-0.05, 0) is 77.7 Å². The molecule has 4 rings (SSSR count). The molecule has 2 amide bonds. The van der Waals surface area contributed by atoms with Gasteiger partial charge in [-0.15, -0.1) is 11.3 Å². The molecule has 1 heterocycles. The second-order valence-electron chi connectivity index (χ2n) is 10.2. The summed E-state index contributed by atoms with van der Waals surface area (Å²) < 4.78 is 50.8. The number of hydrogen-bond donors (Lipinski definition) is 8. The fraction of sp³-hybridized carbons (Fsp3) is 0.267. The number of phenols is 4. The predicted molar refractivity (Wildman–Crippen MR) is 176 cm³/mol. The molecule has 256 valence electrons. The van der Waals surface area contributed by atoms with Crippen LogP contribution in [0, 0.1) is 0 Å². The van der Waals surface area contributed by atoms with Gasteiger partial charge in [-0.3, -0.25) is 9.59 Å².